The van der Waals surface area contributed by atoms with Crippen molar-refractivity contribution in [2.24, 2.45) is 0 Å². The minimum absolute atomic E-state index is 0.201. The van der Waals surface area contributed by atoms with Crippen LogP contribution in [0, 0.1) is 6.92 Å². The van der Waals surface area contributed by atoms with Gasteiger partial charge in [0.2, 0.25) is 0 Å². The molecule has 0 saturated carbocycles. The summed E-state index contributed by atoms with van der Waals surface area (Å²) in [7, 11) is 3.25. The maximum atomic E-state index is 10.3. The Morgan fingerprint density at radius 1 is 1.03 bits per heavy atom. The number of aryl methyl sites for hydroxylation is 1. The van der Waals surface area contributed by atoms with Crippen molar-refractivity contribution in [3.05, 3.63) is 63.6 Å². The first-order chi connectivity index (χ1) is 15.6. The van der Waals surface area contributed by atoms with E-state index in [1.165, 1.54) is 11.3 Å². The molecule has 0 spiro atoms. The molecule has 1 unspecified atom stereocenters. The summed E-state index contributed by atoms with van der Waals surface area (Å²) >= 11 is 1.53. The van der Waals surface area contributed by atoms with Gasteiger partial charge in [0.05, 0.1) is 14.2 Å². The van der Waals surface area contributed by atoms with Gasteiger partial charge in [-0.3, -0.25) is 0 Å². The number of nitrogens with zero attached hydrogens (tertiary/aromatic N) is 2. The molecule has 1 aromatic heterocycles. The fraction of sp³-hybridized carbons (Fsp3) is 0.333. The van der Waals surface area contributed by atoms with Crippen LogP contribution >= 0.6 is 11.3 Å². The molecule has 2 N–H and O–H groups in total. The number of aliphatic hydroxyl groups is 1. The van der Waals surface area contributed by atoms with E-state index < -0.39 is 6.10 Å². The number of hydrogen-bond acceptors (Lipinski definition) is 8. The molecule has 2 aromatic carbocycles. The van der Waals surface area contributed by atoms with Gasteiger partial charge in [0.25, 0.3) is 0 Å². The second kappa shape index (κ2) is 12.2. The van der Waals surface area contributed by atoms with E-state index in [1.54, 1.807) is 14.2 Å². The molecule has 3 rings (SSSR count). The fourth-order valence-electron chi connectivity index (χ4n) is 3.07. The highest BCUT2D eigenvalue weighted by atomic mass is 32.1. The molecule has 0 aliphatic rings. The first-order valence-corrected chi connectivity index (χ1v) is 11.2. The van der Waals surface area contributed by atoms with Gasteiger partial charge in [-0.2, -0.15) is 0 Å². The minimum Gasteiger partial charge on any atom is -0.493 e. The summed E-state index contributed by atoms with van der Waals surface area (Å²) in [5.41, 5.74) is 2.06. The van der Waals surface area contributed by atoms with E-state index in [0.29, 0.717) is 18.0 Å². The molecular formula is C24H29N3O4S. The lowest BCUT2D eigenvalue weighted by Crippen LogP contribution is -2.32. The number of methoxy groups -OCH3 is 2. The molecule has 3 aromatic rings. The van der Waals surface area contributed by atoms with Gasteiger partial charge in [-0.05, 0) is 55.8 Å². The normalized spacial score (nSPS) is 12.1. The van der Waals surface area contributed by atoms with Crippen molar-refractivity contribution in [1.82, 2.24) is 15.5 Å². The van der Waals surface area contributed by atoms with E-state index >= 15 is 0 Å². The average molecular weight is 456 g/mol. The van der Waals surface area contributed by atoms with Gasteiger partial charge in [0.15, 0.2) is 11.5 Å². The van der Waals surface area contributed by atoms with E-state index in [0.717, 1.165) is 39.9 Å². The van der Waals surface area contributed by atoms with Crippen molar-refractivity contribution in [3.8, 4) is 17.2 Å². The summed E-state index contributed by atoms with van der Waals surface area (Å²) in [6, 6.07) is 13.6. The topological polar surface area (TPSA) is 85.7 Å². The van der Waals surface area contributed by atoms with Crippen LogP contribution < -0.4 is 19.5 Å². The van der Waals surface area contributed by atoms with Crippen molar-refractivity contribution in [2.75, 3.05) is 33.9 Å². The maximum absolute atomic E-state index is 10.3. The summed E-state index contributed by atoms with van der Waals surface area (Å²) in [4.78, 5) is 0. The van der Waals surface area contributed by atoms with Crippen molar-refractivity contribution >= 4 is 23.5 Å². The van der Waals surface area contributed by atoms with Crippen LogP contribution in [0.3, 0.4) is 0 Å². The number of rotatable bonds is 12. The Morgan fingerprint density at radius 2 is 1.84 bits per heavy atom. The molecule has 0 bridgehead atoms. The molecule has 170 valence electrons. The average Bonchev–Trinajstić information content (AvgIpc) is 3.24. The van der Waals surface area contributed by atoms with Gasteiger partial charge in [0.1, 0.15) is 28.5 Å². The Kier molecular flexibility index (Phi) is 9.03. The van der Waals surface area contributed by atoms with Gasteiger partial charge >= 0.3 is 0 Å². The summed E-state index contributed by atoms with van der Waals surface area (Å²) in [6.07, 6.45) is 4.05. The molecule has 7 nitrogen and oxygen atoms in total. The monoisotopic (exact) mass is 455 g/mol. The van der Waals surface area contributed by atoms with Crippen LogP contribution in [-0.4, -0.2) is 55.3 Å². The summed E-state index contributed by atoms with van der Waals surface area (Å²) in [5, 5.41) is 23.5. The first kappa shape index (κ1) is 23.7. The largest absolute Gasteiger partial charge is 0.493 e. The quantitative estimate of drug-likeness (QED) is 0.404. The van der Waals surface area contributed by atoms with Crippen LogP contribution in [-0.2, 0) is 6.42 Å². The number of aliphatic hydroxyl groups excluding tert-OH is 1. The SMILES string of the molecule is COc1ccc(CCNCC(O)COc2ccccc2/C=C\c2nnc(C)s2)cc1OC. The number of hydrogen-bond donors (Lipinski definition) is 2. The highest BCUT2D eigenvalue weighted by molar-refractivity contribution is 7.12. The third kappa shape index (κ3) is 7.05. The number of aromatic nitrogens is 2. The van der Waals surface area contributed by atoms with Crippen molar-refractivity contribution in [1.29, 1.82) is 0 Å². The predicted molar refractivity (Wildman–Crippen MR) is 128 cm³/mol. The Morgan fingerprint density at radius 3 is 2.59 bits per heavy atom. The second-order valence-corrected chi connectivity index (χ2v) is 8.35. The van der Waals surface area contributed by atoms with Gasteiger partial charge in [-0.25, -0.2) is 0 Å². The standard InChI is InChI=1S/C24H29N3O4S/c1-17-26-27-24(32-17)11-9-19-6-4-5-7-21(19)31-16-20(28)15-25-13-12-18-8-10-22(29-2)23(14-18)30-3/h4-11,14,20,25,28H,12-13,15-16H2,1-3H3/b11-9-. The Hall–Kier alpha value is -2.94. The van der Waals surface area contributed by atoms with Crippen molar-refractivity contribution in [2.45, 2.75) is 19.4 Å². The van der Waals surface area contributed by atoms with Crippen LogP contribution in [0.2, 0.25) is 0 Å². The highest BCUT2D eigenvalue weighted by Gasteiger charge is 2.08. The highest BCUT2D eigenvalue weighted by Crippen LogP contribution is 2.27. The Bertz CT molecular complexity index is 1020. The number of para-hydroxylation sites is 1. The van der Waals surface area contributed by atoms with Crippen molar-refractivity contribution < 1.29 is 19.3 Å². The van der Waals surface area contributed by atoms with Crippen LogP contribution in [0.25, 0.3) is 12.2 Å². The van der Waals surface area contributed by atoms with E-state index in [-0.39, 0.29) is 6.61 Å². The fourth-order valence-corrected chi connectivity index (χ4v) is 3.67. The first-order valence-electron chi connectivity index (χ1n) is 10.4. The number of ether oxygens (including phenoxy) is 3. The third-order valence-corrected chi connectivity index (χ3v) is 5.52. The summed E-state index contributed by atoms with van der Waals surface area (Å²) < 4.78 is 16.5. The van der Waals surface area contributed by atoms with Crippen molar-refractivity contribution in [3.63, 3.8) is 0 Å². The van der Waals surface area contributed by atoms with Gasteiger partial charge in [-0.15, -0.1) is 10.2 Å². The van der Waals surface area contributed by atoms with Gasteiger partial charge in [0, 0.05) is 12.1 Å². The van der Waals surface area contributed by atoms with Crippen LogP contribution in [0.1, 0.15) is 21.1 Å². The summed E-state index contributed by atoms with van der Waals surface area (Å²) in [5.74, 6) is 2.15. The van der Waals surface area contributed by atoms with Gasteiger partial charge < -0.3 is 24.6 Å². The Labute approximate surface area is 192 Å². The maximum Gasteiger partial charge on any atom is 0.160 e. The molecular weight excluding hydrogens is 426 g/mol. The van der Waals surface area contributed by atoms with Crippen LogP contribution in [0.4, 0.5) is 0 Å². The molecule has 1 heterocycles. The lowest BCUT2D eigenvalue weighted by Gasteiger charge is -2.15. The van der Waals surface area contributed by atoms with Crippen LogP contribution in [0.5, 0.6) is 17.2 Å². The van der Waals surface area contributed by atoms with Crippen LogP contribution in [0.15, 0.2) is 42.5 Å². The number of benzene rings is 2. The predicted octanol–water partition coefficient (Wildman–Crippen LogP) is 3.61. The van der Waals surface area contributed by atoms with Gasteiger partial charge in [-0.1, -0.05) is 35.6 Å². The molecule has 32 heavy (non-hydrogen) atoms. The molecule has 8 heteroatoms. The van der Waals surface area contributed by atoms with E-state index in [9.17, 15) is 5.11 Å². The molecule has 0 aliphatic carbocycles. The second-order valence-electron chi connectivity index (χ2n) is 7.14. The molecule has 1 atom stereocenters. The lowest BCUT2D eigenvalue weighted by molar-refractivity contribution is 0.106. The smallest absolute Gasteiger partial charge is 0.160 e. The zero-order chi connectivity index (χ0) is 22.8. The van der Waals surface area contributed by atoms with E-state index in [4.69, 9.17) is 14.2 Å². The van der Waals surface area contributed by atoms with E-state index in [1.807, 2.05) is 61.5 Å². The minimum atomic E-state index is -0.622. The number of nitrogens with one attached hydrogen (secondary N) is 1. The van der Waals surface area contributed by atoms with E-state index in [2.05, 4.69) is 15.5 Å². The molecule has 0 amide bonds. The summed E-state index contributed by atoms with van der Waals surface area (Å²) in [6.45, 7) is 3.30. The Balaban J connectivity index is 1.43. The molecule has 0 fully saturated rings. The third-order valence-electron chi connectivity index (χ3n) is 4.72. The zero-order valence-corrected chi connectivity index (χ0v) is 19.4. The molecule has 0 aliphatic heterocycles. The molecule has 0 radical (unpaired) electrons. The lowest BCUT2D eigenvalue weighted by atomic mass is 10.1. The zero-order valence-electron chi connectivity index (χ0n) is 18.6. The molecule has 0 saturated heterocycles.